The summed E-state index contributed by atoms with van der Waals surface area (Å²) in [5.74, 6) is -1.42. The first-order chi connectivity index (χ1) is 16.2. The van der Waals surface area contributed by atoms with Crippen LogP contribution in [0.15, 0.2) is 84.9 Å². The quantitative estimate of drug-likeness (QED) is 0.372. The van der Waals surface area contributed by atoms with Crippen LogP contribution in [0.4, 0.5) is 0 Å². The van der Waals surface area contributed by atoms with Gasteiger partial charge >= 0.3 is 0 Å². The zero-order valence-corrected chi connectivity index (χ0v) is 19.0. The summed E-state index contributed by atoms with van der Waals surface area (Å²) in [4.78, 5) is 38.4. The van der Waals surface area contributed by atoms with Crippen molar-refractivity contribution in [2.75, 3.05) is 0 Å². The Hall–Kier alpha value is -4.13. The number of nitrogens with one attached hydrogen (secondary N) is 2. The summed E-state index contributed by atoms with van der Waals surface area (Å²) in [6, 6.07) is 23.9. The first kappa shape index (κ1) is 24.5. The van der Waals surface area contributed by atoms with E-state index in [-0.39, 0.29) is 30.9 Å². The minimum absolute atomic E-state index is 0.0377. The predicted molar refractivity (Wildman–Crippen MR) is 130 cm³/mol. The van der Waals surface area contributed by atoms with E-state index in [4.69, 9.17) is 5.73 Å². The van der Waals surface area contributed by atoms with Gasteiger partial charge in [-0.1, -0.05) is 72.8 Å². The van der Waals surface area contributed by atoms with Gasteiger partial charge in [-0.15, -0.1) is 0 Å². The van der Waals surface area contributed by atoms with Crippen molar-refractivity contribution >= 4 is 17.7 Å². The second kappa shape index (κ2) is 11.1. The smallest absolute Gasteiger partial charge is 0.243 e. The minimum atomic E-state index is -1.34. The molecule has 34 heavy (non-hydrogen) atoms. The third-order valence-corrected chi connectivity index (χ3v) is 5.58. The number of carbonyl (C=O) groups excluding carboxylic acids is 3. The molecule has 0 bridgehead atoms. The third-order valence-electron chi connectivity index (χ3n) is 5.58. The van der Waals surface area contributed by atoms with E-state index in [1.165, 1.54) is 12.1 Å². The molecule has 0 spiro atoms. The standard InChI is InChI=1S/C27H29N3O4/c1-27(26(28)34,18-21-10-6-3-7-11-21)30-25(33)23(16-19-8-4-2-5-9-19)29-24(32)17-20-12-14-22(31)15-13-20/h2-15,23,31H,16-18H2,1H3,(H2,28,34)(H,29,32)(H,30,33)/t23-,27?/m1/s1. The highest BCUT2D eigenvalue weighted by Gasteiger charge is 2.35. The predicted octanol–water partition coefficient (Wildman–Crippen LogP) is 2.27. The van der Waals surface area contributed by atoms with Crippen molar-refractivity contribution in [2.45, 2.75) is 37.8 Å². The summed E-state index contributed by atoms with van der Waals surface area (Å²) in [5.41, 5.74) is 6.74. The van der Waals surface area contributed by atoms with Gasteiger partial charge in [0.25, 0.3) is 0 Å². The highest BCUT2D eigenvalue weighted by molar-refractivity contribution is 5.94. The molecule has 7 heteroatoms. The first-order valence-corrected chi connectivity index (χ1v) is 11.0. The Labute approximate surface area is 199 Å². The highest BCUT2D eigenvalue weighted by Crippen LogP contribution is 2.15. The maximum atomic E-state index is 13.3. The summed E-state index contributed by atoms with van der Waals surface area (Å²) in [7, 11) is 0. The number of hydrogen-bond donors (Lipinski definition) is 4. The van der Waals surface area contributed by atoms with Crippen LogP contribution in [0.2, 0.25) is 0 Å². The molecule has 3 amide bonds. The van der Waals surface area contributed by atoms with Gasteiger partial charge in [0, 0.05) is 12.8 Å². The third kappa shape index (κ3) is 6.93. The molecular formula is C27H29N3O4. The molecule has 0 aliphatic heterocycles. The maximum Gasteiger partial charge on any atom is 0.243 e. The highest BCUT2D eigenvalue weighted by atomic mass is 16.3. The molecule has 0 radical (unpaired) electrons. The number of carbonyl (C=O) groups is 3. The summed E-state index contributed by atoms with van der Waals surface area (Å²) in [6.45, 7) is 1.58. The minimum Gasteiger partial charge on any atom is -0.508 e. The molecule has 2 atom stereocenters. The van der Waals surface area contributed by atoms with Crippen LogP contribution < -0.4 is 16.4 Å². The second-order valence-corrected chi connectivity index (χ2v) is 8.50. The molecule has 0 aliphatic carbocycles. The van der Waals surface area contributed by atoms with Crippen LogP contribution in [-0.4, -0.2) is 34.4 Å². The largest absolute Gasteiger partial charge is 0.508 e. The van der Waals surface area contributed by atoms with E-state index in [0.717, 1.165) is 11.1 Å². The molecule has 3 rings (SSSR count). The Bertz CT molecular complexity index is 1120. The molecule has 0 fully saturated rings. The number of aromatic hydroxyl groups is 1. The molecule has 0 saturated carbocycles. The molecule has 176 valence electrons. The number of primary amides is 1. The maximum absolute atomic E-state index is 13.3. The van der Waals surface area contributed by atoms with Gasteiger partial charge in [-0.05, 0) is 35.7 Å². The lowest BCUT2D eigenvalue weighted by atomic mass is 9.91. The number of phenolic OH excluding ortho intramolecular Hbond substituents is 1. The van der Waals surface area contributed by atoms with Crippen molar-refractivity contribution < 1.29 is 19.5 Å². The zero-order chi connectivity index (χ0) is 24.6. The fourth-order valence-electron chi connectivity index (χ4n) is 3.66. The van der Waals surface area contributed by atoms with Gasteiger partial charge in [0.1, 0.15) is 17.3 Å². The molecule has 0 aliphatic rings. The van der Waals surface area contributed by atoms with E-state index in [0.29, 0.717) is 5.56 Å². The van der Waals surface area contributed by atoms with Crippen molar-refractivity contribution in [2.24, 2.45) is 5.73 Å². The number of benzene rings is 3. The van der Waals surface area contributed by atoms with E-state index in [2.05, 4.69) is 10.6 Å². The van der Waals surface area contributed by atoms with Crippen molar-refractivity contribution in [3.63, 3.8) is 0 Å². The van der Waals surface area contributed by atoms with Gasteiger partial charge in [0.2, 0.25) is 17.7 Å². The average molecular weight is 460 g/mol. The SMILES string of the molecule is CC(Cc1ccccc1)(NC(=O)[C@@H](Cc1ccccc1)NC(=O)Cc1ccc(O)cc1)C(N)=O. The van der Waals surface area contributed by atoms with Crippen molar-refractivity contribution in [1.82, 2.24) is 10.6 Å². The molecule has 3 aromatic rings. The topological polar surface area (TPSA) is 122 Å². The van der Waals surface area contributed by atoms with E-state index in [1.54, 1.807) is 19.1 Å². The first-order valence-electron chi connectivity index (χ1n) is 11.0. The molecule has 5 N–H and O–H groups in total. The lowest BCUT2D eigenvalue weighted by molar-refractivity contribution is -0.133. The van der Waals surface area contributed by atoms with Gasteiger partial charge < -0.3 is 21.5 Å². The van der Waals surface area contributed by atoms with E-state index >= 15 is 0 Å². The van der Waals surface area contributed by atoms with E-state index < -0.39 is 23.4 Å². The summed E-state index contributed by atoms with van der Waals surface area (Å²) >= 11 is 0. The van der Waals surface area contributed by atoms with Gasteiger partial charge in [0.05, 0.1) is 6.42 Å². The van der Waals surface area contributed by atoms with Gasteiger partial charge in [-0.2, -0.15) is 0 Å². The molecule has 1 unspecified atom stereocenters. The van der Waals surface area contributed by atoms with Crippen molar-refractivity contribution in [3.05, 3.63) is 102 Å². The fraction of sp³-hybridized carbons (Fsp3) is 0.222. The fourth-order valence-corrected chi connectivity index (χ4v) is 3.66. The molecule has 0 saturated heterocycles. The van der Waals surface area contributed by atoms with Crippen LogP contribution in [-0.2, 0) is 33.6 Å². The van der Waals surface area contributed by atoms with Crippen LogP contribution in [0.5, 0.6) is 5.75 Å². The number of phenols is 1. The monoisotopic (exact) mass is 459 g/mol. The summed E-state index contributed by atoms with van der Waals surface area (Å²) in [6.07, 6.45) is 0.499. The molecule has 3 aromatic carbocycles. The Morgan fingerprint density at radius 1 is 0.853 bits per heavy atom. The normalized spacial score (nSPS) is 13.3. The Kier molecular flexibility index (Phi) is 8.03. The number of amides is 3. The summed E-state index contributed by atoms with van der Waals surface area (Å²) < 4.78 is 0. The van der Waals surface area contributed by atoms with Crippen LogP contribution >= 0.6 is 0 Å². The molecule has 0 aromatic heterocycles. The van der Waals surface area contributed by atoms with Gasteiger partial charge in [-0.25, -0.2) is 0 Å². The lowest BCUT2D eigenvalue weighted by Gasteiger charge is -2.30. The number of hydrogen-bond acceptors (Lipinski definition) is 4. The van der Waals surface area contributed by atoms with Gasteiger partial charge in [0.15, 0.2) is 0 Å². The Balaban J connectivity index is 1.77. The number of nitrogens with two attached hydrogens (primary N) is 1. The van der Waals surface area contributed by atoms with Crippen LogP contribution in [0.1, 0.15) is 23.6 Å². The Morgan fingerprint density at radius 3 is 1.97 bits per heavy atom. The molecule has 0 heterocycles. The zero-order valence-electron chi connectivity index (χ0n) is 19.0. The number of rotatable bonds is 10. The van der Waals surface area contributed by atoms with E-state index in [9.17, 15) is 19.5 Å². The van der Waals surface area contributed by atoms with Crippen molar-refractivity contribution in [1.29, 1.82) is 0 Å². The average Bonchev–Trinajstić information content (AvgIpc) is 2.81. The van der Waals surface area contributed by atoms with Crippen LogP contribution in [0.3, 0.4) is 0 Å². The molecule has 7 nitrogen and oxygen atoms in total. The van der Waals surface area contributed by atoms with Gasteiger partial charge in [-0.3, -0.25) is 14.4 Å². The van der Waals surface area contributed by atoms with Crippen LogP contribution in [0, 0.1) is 0 Å². The Morgan fingerprint density at radius 2 is 1.41 bits per heavy atom. The second-order valence-electron chi connectivity index (χ2n) is 8.50. The van der Waals surface area contributed by atoms with Crippen LogP contribution in [0.25, 0.3) is 0 Å². The van der Waals surface area contributed by atoms with Crippen molar-refractivity contribution in [3.8, 4) is 5.75 Å². The van der Waals surface area contributed by atoms with E-state index in [1.807, 2.05) is 60.7 Å². The lowest BCUT2D eigenvalue weighted by Crippen LogP contribution is -2.61. The summed E-state index contributed by atoms with van der Waals surface area (Å²) in [5, 5.41) is 15.0. The molecular weight excluding hydrogens is 430 g/mol.